The molecule has 0 unspecified atom stereocenters. The fourth-order valence-corrected chi connectivity index (χ4v) is 3.48. The van der Waals surface area contributed by atoms with Gasteiger partial charge in [-0.2, -0.15) is 17.6 Å². The molecule has 2 aromatic rings. The SMILES string of the molecule is O=C1C(=Cc2cc([N+](=O)[O-])ccc2OC(F)F)CCCC1=Cc1cc([N+](=O)[O-])ccc1OC(F)F. The van der Waals surface area contributed by atoms with Gasteiger partial charge in [-0.05, 0) is 43.5 Å². The van der Waals surface area contributed by atoms with Gasteiger partial charge in [0.2, 0.25) is 0 Å². The summed E-state index contributed by atoms with van der Waals surface area (Å²) in [5, 5.41) is 22.2. The lowest BCUT2D eigenvalue weighted by Crippen LogP contribution is -2.13. The molecule has 184 valence electrons. The molecule has 9 nitrogen and oxygen atoms in total. The molecule has 1 saturated carbocycles. The fraction of sp³-hybridized carbons (Fsp3) is 0.227. The molecule has 0 N–H and O–H groups in total. The second kappa shape index (κ2) is 10.8. The minimum atomic E-state index is -3.21. The van der Waals surface area contributed by atoms with Gasteiger partial charge >= 0.3 is 13.2 Å². The van der Waals surface area contributed by atoms with E-state index in [1.165, 1.54) is 12.2 Å². The van der Waals surface area contributed by atoms with Gasteiger partial charge in [0.1, 0.15) is 11.5 Å². The molecule has 35 heavy (non-hydrogen) atoms. The molecular weight excluding hydrogens is 480 g/mol. The number of non-ortho nitro benzene ring substituents is 2. The lowest BCUT2D eigenvalue weighted by molar-refractivity contribution is -0.385. The highest BCUT2D eigenvalue weighted by molar-refractivity contribution is 6.14. The van der Waals surface area contributed by atoms with Gasteiger partial charge < -0.3 is 9.47 Å². The molecule has 1 aliphatic rings. The molecule has 0 bridgehead atoms. The molecule has 0 radical (unpaired) electrons. The van der Waals surface area contributed by atoms with Gasteiger partial charge in [0, 0.05) is 46.5 Å². The van der Waals surface area contributed by atoms with Crippen LogP contribution in [0.5, 0.6) is 11.5 Å². The van der Waals surface area contributed by atoms with Gasteiger partial charge in [-0.25, -0.2) is 0 Å². The van der Waals surface area contributed by atoms with E-state index in [-0.39, 0.29) is 46.6 Å². The van der Waals surface area contributed by atoms with Crippen molar-refractivity contribution in [2.75, 3.05) is 0 Å². The Bertz CT molecular complexity index is 1140. The molecule has 1 fully saturated rings. The maximum Gasteiger partial charge on any atom is 0.387 e. The van der Waals surface area contributed by atoms with Gasteiger partial charge in [0.15, 0.2) is 5.78 Å². The van der Waals surface area contributed by atoms with E-state index < -0.39 is 40.2 Å². The second-order valence-corrected chi connectivity index (χ2v) is 7.24. The lowest BCUT2D eigenvalue weighted by atomic mass is 9.86. The summed E-state index contributed by atoms with van der Waals surface area (Å²) in [6.07, 6.45) is 3.15. The molecular formula is C22H16F4N2O7. The molecule has 3 rings (SSSR count). The average molecular weight is 496 g/mol. The third-order valence-corrected chi connectivity index (χ3v) is 4.98. The average Bonchev–Trinajstić information content (AvgIpc) is 2.77. The van der Waals surface area contributed by atoms with Crippen LogP contribution in [0.25, 0.3) is 12.2 Å². The van der Waals surface area contributed by atoms with Crippen molar-refractivity contribution in [2.24, 2.45) is 0 Å². The van der Waals surface area contributed by atoms with Crippen LogP contribution >= 0.6 is 0 Å². The number of allylic oxidation sites excluding steroid dienone is 2. The number of nitro groups is 2. The first kappa shape index (κ1) is 25.3. The predicted octanol–water partition coefficient (Wildman–Crippen LogP) is 5.93. The zero-order valence-corrected chi connectivity index (χ0v) is 17.7. The molecule has 0 aromatic heterocycles. The molecule has 0 spiro atoms. The number of rotatable bonds is 8. The van der Waals surface area contributed by atoms with Crippen molar-refractivity contribution in [3.63, 3.8) is 0 Å². The maximum absolute atomic E-state index is 13.1. The summed E-state index contributed by atoms with van der Waals surface area (Å²) in [4.78, 5) is 33.8. The molecule has 2 aromatic carbocycles. The summed E-state index contributed by atoms with van der Waals surface area (Å²) in [5.74, 6) is -1.35. The fourth-order valence-electron chi connectivity index (χ4n) is 3.48. The Morgan fingerprint density at radius 1 is 0.771 bits per heavy atom. The van der Waals surface area contributed by atoms with Gasteiger partial charge in [-0.15, -0.1) is 0 Å². The highest BCUT2D eigenvalue weighted by atomic mass is 19.3. The number of nitrogens with zero attached hydrogens (tertiary/aromatic N) is 2. The molecule has 0 atom stereocenters. The second-order valence-electron chi connectivity index (χ2n) is 7.24. The van der Waals surface area contributed by atoms with E-state index in [0.717, 1.165) is 36.4 Å². The topological polar surface area (TPSA) is 122 Å². The smallest absolute Gasteiger partial charge is 0.387 e. The molecule has 0 heterocycles. The van der Waals surface area contributed by atoms with E-state index in [1.807, 2.05) is 0 Å². The highest BCUT2D eigenvalue weighted by Gasteiger charge is 2.24. The van der Waals surface area contributed by atoms with Crippen LogP contribution in [0.4, 0.5) is 28.9 Å². The van der Waals surface area contributed by atoms with E-state index >= 15 is 0 Å². The first-order valence-electron chi connectivity index (χ1n) is 9.97. The number of nitro benzene ring substituents is 2. The largest absolute Gasteiger partial charge is 0.434 e. The summed E-state index contributed by atoms with van der Waals surface area (Å²) < 4.78 is 59.9. The van der Waals surface area contributed by atoms with Crippen LogP contribution in [0.2, 0.25) is 0 Å². The Hall–Kier alpha value is -4.29. The van der Waals surface area contributed by atoms with Crippen molar-refractivity contribution < 1.29 is 41.7 Å². The van der Waals surface area contributed by atoms with Gasteiger partial charge in [0.05, 0.1) is 9.85 Å². The number of benzene rings is 2. The number of alkyl halides is 4. The van der Waals surface area contributed by atoms with Crippen LogP contribution in [-0.4, -0.2) is 28.9 Å². The first-order valence-corrected chi connectivity index (χ1v) is 9.97. The van der Waals surface area contributed by atoms with E-state index in [4.69, 9.17) is 0 Å². The van der Waals surface area contributed by atoms with Crippen molar-refractivity contribution in [3.8, 4) is 11.5 Å². The summed E-state index contributed by atoms with van der Waals surface area (Å²) >= 11 is 0. The number of ether oxygens (including phenoxy) is 2. The number of Topliss-reactive ketones (excluding diaryl/α,β-unsaturated/α-hetero) is 1. The van der Waals surface area contributed by atoms with Crippen molar-refractivity contribution in [3.05, 3.63) is 78.9 Å². The van der Waals surface area contributed by atoms with Gasteiger partial charge in [-0.3, -0.25) is 25.0 Å². The number of hydrogen-bond acceptors (Lipinski definition) is 7. The van der Waals surface area contributed by atoms with Gasteiger partial charge in [-0.1, -0.05) is 0 Å². The van der Waals surface area contributed by atoms with E-state index in [1.54, 1.807) is 0 Å². The van der Waals surface area contributed by atoms with E-state index in [0.29, 0.717) is 6.42 Å². The number of halogens is 4. The quantitative estimate of drug-likeness (QED) is 0.192. The number of ketones is 1. The Morgan fingerprint density at radius 2 is 1.17 bits per heavy atom. The molecule has 13 heteroatoms. The first-order chi connectivity index (χ1) is 16.5. The lowest BCUT2D eigenvalue weighted by Gasteiger charge is -2.18. The Kier molecular flexibility index (Phi) is 7.79. The summed E-state index contributed by atoms with van der Waals surface area (Å²) in [5.41, 5.74) is -0.874. The number of carbonyl (C=O) groups excluding carboxylic acids is 1. The Balaban J connectivity index is 2.03. The van der Waals surface area contributed by atoms with Crippen molar-refractivity contribution in [1.29, 1.82) is 0 Å². The minimum Gasteiger partial charge on any atom is -0.434 e. The summed E-state index contributed by atoms with van der Waals surface area (Å²) in [6.45, 7) is -6.43. The molecule has 0 saturated heterocycles. The normalized spacial score (nSPS) is 16.2. The molecule has 1 aliphatic carbocycles. The Morgan fingerprint density at radius 3 is 1.51 bits per heavy atom. The molecule has 0 amide bonds. The van der Waals surface area contributed by atoms with Crippen LogP contribution < -0.4 is 9.47 Å². The van der Waals surface area contributed by atoms with E-state index in [9.17, 15) is 42.6 Å². The van der Waals surface area contributed by atoms with Crippen LogP contribution in [0.3, 0.4) is 0 Å². The monoisotopic (exact) mass is 496 g/mol. The summed E-state index contributed by atoms with van der Waals surface area (Å²) in [6, 6.07) is 5.87. The van der Waals surface area contributed by atoms with Gasteiger partial charge in [0.25, 0.3) is 11.4 Å². The number of hydrogen-bond donors (Lipinski definition) is 0. The highest BCUT2D eigenvalue weighted by Crippen LogP contribution is 2.34. The zero-order valence-electron chi connectivity index (χ0n) is 17.7. The summed E-state index contributed by atoms with van der Waals surface area (Å²) in [7, 11) is 0. The Labute approximate surface area is 194 Å². The van der Waals surface area contributed by atoms with Crippen LogP contribution in [0.15, 0.2) is 47.5 Å². The van der Waals surface area contributed by atoms with Crippen molar-refractivity contribution in [2.45, 2.75) is 32.5 Å². The predicted molar refractivity (Wildman–Crippen MR) is 114 cm³/mol. The maximum atomic E-state index is 13.1. The third-order valence-electron chi connectivity index (χ3n) is 4.98. The third kappa shape index (κ3) is 6.40. The minimum absolute atomic E-state index is 0.101. The zero-order chi connectivity index (χ0) is 25.7. The van der Waals surface area contributed by atoms with Crippen molar-refractivity contribution >= 4 is 29.3 Å². The molecule has 0 aliphatic heterocycles. The van der Waals surface area contributed by atoms with Crippen molar-refractivity contribution in [1.82, 2.24) is 0 Å². The van der Waals surface area contributed by atoms with Crippen LogP contribution in [0, 0.1) is 20.2 Å². The van der Waals surface area contributed by atoms with Crippen LogP contribution in [0.1, 0.15) is 30.4 Å². The standard InChI is InChI=1S/C22H16F4N2O7/c23-21(24)34-18-6-4-16(27(30)31)10-14(18)8-12-2-1-3-13(20(12)29)9-15-11-17(28(32)33)5-7-19(15)35-22(25)26/h4-11,21-22H,1-3H2. The van der Waals surface area contributed by atoms with Crippen LogP contribution in [-0.2, 0) is 4.79 Å². The number of carbonyl (C=O) groups is 1. The van der Waals surface area contributed by atoms with E-state index in [2.05, 4.69) is 9.47 Å².